The Hall–Kier alpha value is 6.91. The Morgan fingerprint density at radius 1 is 0.571 bits per heavy atom. The fourth-order valence-electron chi connectivity index (χ4n) is 0. The first-order chi connectivity index (χ1) is 4.00. The molecule has 0 saturated heterocycles. The number of hydrogen-bond acceptors (Lipinski definition) is 8. The predicted octanol–water partition coefficient (Wildman–Crippen LogP) is -15.0. The van der Waals surface area contributed by atoms with E-state index in [1.54, 1.807) is 0 Å². The van der Waals surface area contributed by atoms with Gasteiger partial charge in [-0.15, -0.1) is 0 Å². The Morgan fingerprint density at radius 3 is 0.571 bits per heavy atom. The van der Waals surface area contributed by atoms with Crippen molar-refractivity contribution in [2.75, 3.05) is 0 Å². The Labute approximate surface area is 268 Å². The van der Waals surface area contributed by atoms with Gasteiger partial charge in [-0.25, -0.2) is 0 Å². The van der Waals surface area contributed by atoms with Crippen molar-refractivity contribution in [3.05, 3.63) is 0 Å². The minimum absolute atomic E-state index is 0. The summed E-state index contributed by atoms with van der Waals surface area (Å²) in [7, 11) is -10.8. The van der Waals surface area contributed by atoms with Crippen molar-refractivity contribution in [2.24, 2.45) is 0 Å². The molecule has 0 N–H and O–H groups in total. The van der Waals surface area contributed by atoms with Crippen LogP contribution in [0.25, 0.3) is 0 Å². The molecule has 8 nitrogen and oxygen atoms in total. The van der Waals surface area contributed by atoms with Gasteiger partial charge in [0.25, 0.3) is 0 Å². The molecule has 0 unspecified atom stereocenters. The molecule has 0 aliphatic heterocycles. The molecule has 0 fully saturated rings. The van der Waals surface area contributed by atoms with Gasteiger partial charge in [0, 0.05) is 0 Å². The van der Waals surface area contributed by atoms with Gasteiger partial charge in [-0.3, -0.25) is 0 Å². The molecular weight excluding hydrogens is 616 g/mol. The molecule has 0 spiro atoms. The summed E-state index contributed by atoms with van der Waals surface area (Å²) in [5, 5.41) is 0. The SMILES string of the molecule is O=P([O-])([O-])[O-].O=P([O-])([O-])[O-].[Al+3].[Cs+].[Cs+].[Cs+]. The van der Waals surface area contributed by atoms with E-state index in [0.29, 0.717) is 0 Å². The fraction of sp³-hybridized carbons (Fsp3) is 0. The van der Waals surface area contributed by atoms with Gasteiger partial charge in [-0.1, -0.05) is 0 Å². The first-order valence-electron chi connectivity index (χ1n) is 1.46. The second-order valence-corrected chi connectivity index (χ2v) is 2.68. The maximum Gasteiger partial charge on any atom is 3.00 e. The van der Waals surface area contributed by atoms with Gasteiger partial charge in [0.05, 0.1) is 0 Å². The molecule has 0 radical (unpaired) electrons. The van der Waals surface area contributed by atoms with Gasteiger partial charge < -0.3 is 38.5 Å². The van der Waals surface area contributed by atoms with Crippen LogP contribution < -0.4 is 236 Å². The minimum Gasteiger partial charge on any atom is -0.822 e. The molecule has 0 bridgehead atoms. The van der Waals surface area contributed by atoms with Crippen LogP contribution in [0.4, 0.5) is 0 Å². The van der Waals surface area contributed by atoms with Gasteiger partial charge in [0.15, 0.2) is 0 Å². The smallest absolute Gasteiger partial charge is 0.822 e. The molecule has 0 aliphatic carbocycles. The van der Waals surface area contributed by atoms with E-state index in [1.165, 1.54) is 0 Å². The summed E-state index contributed by atoms with van der Waals surface area (Å²) < 4.78 is 17.1. The van der Waals surface area contributed by atoms with Crippen molar-refractivity contribution in [1.29, 1.82) is 0 Å². The van der Waals surface area contributed by atoms with Gasteiger partial charge in [-0.2, -0.15) is 15.6 Å². The minimum atomic E-state index is -5.39. The standard InChI is InChI=1S/Al.3Cs.2H3O4P/c;;;;2*1-5(2,3)4/h;;;;2*(H3,1,2,3,4)/q+3;3*+1;;/p-6. The maximum atomic E-state index is 8.55. The van der Waals surface area contributed by atoms with Crippen LogP contribution in [-0.4, -0.2) is 17.4 Å². The molecule has 0 heterocycles. The van der Waals surface area contributed by atoms with Crippen LogP contribution in [0.15, 0.2) is 0 Å². The zero-order valence-corrected chi connectivity index (χ0v) is 29.5. The van der Waals surface area contributed by atoms with Gasteiger partial charge in [-0.05, 0) is 0 Å². The predicted molar refractivity (Wildman–Crippen MR) is 21.0 cm³/mol. The molecule has 14 heteroatoms. The van der Waals surface area contributed by atoms with E-state index in [4.69, 9.17) is 38.5 Å². The van der Waals surface area contributed by atoms with Crippen LogP contribution in [0.3, 0.4) is 0 Å². The first-order valence-corrected chi connectivity index (χ1v) is 4.38. The number of phosphoric acid groups is 2. The van der Waals surface area contributed by atoms with Crippen LogP contribution in [0, 0.1) is 0 Å². The summed E-state index contributed by atoms with van der Waals surface area (Å²) >= 11 is 0. The van der Waals surface area contributed by atoms with Crippen LogP contribution in [0.2, 0.25) is 0 Å². The summed E-state index contributed by atoms with van der Waals surface area (Å²) in [6.45, 7) is 0. The molecule has 0 aliphatic rings. The third-order valence-electron chi connectivity index (χ3n) is 0. The van der Waals surface area contributed by atoms with E-state index in [-0.39, 0.29) is 224 Å². The zero-order valence-electron chi connectivity index (χ0n) is 7.74. The monoisotopic (exact) mass is 616 g/mol. The van der Waals surface area contributed by atoms with E-state index in [0.717, 1.165) is 0 Å². The molecule has 0 rings (SSSR count). The molecule has 14 heavy (non-hydrogen) atoms. The van der Waals surface area contributed by atoms with Crippen LogP contribution >= 0.6 is 15.6 Å². The van der Waals surface area contributed by atoms with E-state index in [1.807, 2.05) is 0 Å². The molecule has 0 aromatic heterocycles. The summed E-state index contributed by atoms with van der Waals surface area (Å²) in [6, 6.07) is 0. The van der Waals surface area contributed by atoms with E-state index in [2.05, 4.69) is 0 Å². The number of hydrogen-bond donors (Lipinski definition) is 0. The molecule has 64 valence electrons. The maximum absolute atomic E-state index is 8.55. The van der Waals surface area contributed by atoms with Crippen molar-refractivity contribution in [3.63, 3.8) is 0 Å². The normalized spacial score (nSPS) is 8.43. The van der Waals surface area contributed by atoms with Crippen LogP contribution in [0.1, 0.15) is 0 Å². The van der Waals surface area contributed by atoms with Crippen LogP contribution in [-0.2, 0) is 9.13 Å². The molecule has 0 atom stereocenters. The molecule has 0 aromatic rings. The third-order valence-corrected chi connectivity index (χ3v) is 0. The number of rotatable bonds is 0. The van der Waals surface area contributed by atoms with Gasteiger partial charge >= 0.3 is 224 Å². The Kier molecular flexibility index (Phi) is 53.0. The molecule has 0 saturated carbocycles. The van der Waals surface area contributed by atoms with Crippen molar-refractivity contribution in [3.8, 4) is 0 Å². The largest absolute Gasteiger partial charge is 3.00 e. The second kappa shape index (κ2) is 19.9. The van der Waals surface area contributed by atoms with E-state index >= 15 is 0 Å². The Morgan fingerprint density at radius 2 is 0.571 bits per heavy atom. The Balaban J connectivity index is -0.0000000178. The zero-order chi connectivity index (χ0) is 9.00. The van der Waals surface area contributed by atoms with E-state index in [9.17, 15) is 0 Å². The summed E-state index contributed by atoms with van der Waals surface area (Å²) in [5.74, 6) is 0. The average molecular weight is 616 g/mol. The topological polar surface area (TPSA) is 172 Å². The third kappa shape index (κ3) is 127. The van der Waals surface area contributed by atoms with Crippen molar-refractivity contribution < 1.29 is 245 Å². The Bertz CT molecular complexity index is 135. The second-order valence-electron chi connectivity index (χ2n) is 0.894. The van der Waals surface area contributed by atoms with Gasteiger partial charge in [0.2, 0.25) is 0 Å². The van der Waals surface area contributed by atoms with Crippen molar-refractivity contribution in [2.45, 2.75) is 0 Å². The van der Waals surface area contributed by atoms with Gasteiger partial charge in [0.1, 0.15) is 0 Å². The van der Waals surface area contributed by atoms with Crippen molar-refractivity contribution in [1.82, 2.24) is 0 Å². The van der Waals surface area contributed by atoms with Crippen LogP contribution in [0.5, 0.6) is 0 Å². The van der Waals surface area contributed by atoms with E-state index < -0.39 is 15.6 Å². The van der Waals surface area contributed by atoms with Crippen molar-refractivity contribution >= 4 is 33.0 Å². The fourth-order valence-corrected chi connectivity index (χ4v) is 0. The first kappa shape index (κ1) is 37.3. The summed E-state index contributed by atoms with van der Waals surface area (Å²) in [4.78, 5) is 51.3. The summed E-state index contributed by atoms with van der Waals surface area (Å²) in [6.07, 6.45) is 0. The molecule has 0 aromatic carbocycles. The quantitative estimate of drug-likeness (QED) is 0.191. The average Bonchev–Trinajstić information content (AvgIpc) is 1.12. The molecular formula is AlCs3O8P2. The molecule has 0 amide bonds. The summed E-state index contributed by atoms with van der Waals surface area (Å²) in [5.41, 5.74) is 0.